The molecule has 2 heterocycles. The van der Waals surface area contributed by atoms with Gasteiger partial charge in [0.25, 0.3) is 11.8 Å². The molecule has 1 unspecified atom stereocenters. The number of nitrogens with two attached hydrogens (primary N) is 1. The minimum atomic E-state index is -0.333. The van der Waals surface area contributed by atoms with Crippen molar-refractivity contribution in [3.05, 3.63) is 53.5 Å². The number of rotatable bonds is 4. The first kappa shape index (κ1) is 21.0. The van der Waals surface area contributed by atoms with E-state index in [1.54, 1.807) is 24.3 Å². The van der Waals surface area contributed by atoms with Crippen molar-refractivity contribution in [3.8, 4) is 0 Å². The summed E-state index contributed by atoms with van der Waals surface area (Å²) in [6, 6.07) is 8.80. The molecule has 1 fully saturated rings. The lowest BCUT2D eigenvalue weighted by Gasteiger charge is -2.33. The Bertz CT molecular complexity index is 782. The molecule has 2 amide bonds. The van der Waals surface area contributed by atoms with Gasteiger partial charge in [-0.15, -0.1) is 12.4 Å². The topological polar surface area (TPSA) is 88.6 Å². The second-order valence-corrected chi connectivity index (χ2v) is 6.95. The molecule has 3 N–H and O–H groups in total. The highest BCUT2D eigenvalue weighted by molar-refractivity contribution is 6.03. The molecule has 7 heteroatoms. The molecule has 2 aromatic rings. The Morgan fingerprint density at radius 3 is 2.56 bits per heavy atom. The molecule has 1 aliphatic rings. The van der Waals surface area contributed by atoms with Crippen LogP contribution in [0.3, 0.4) is 0 Å². The fourth-order valence-corrected chi connectivity index (χ4v) is 3.29. The zero-order chi connectivity index (χ0) is 18.7. The monoisotopic (exact) mass is 391 g/mol. The van der Waals surface area contributed by atoms with Crippen molar-refractivity contribution in [3.63, 3.8) is 0 Å². The van der Waals surface area contributed by atoms with Crippen LogP contribution in [0.2, 0.25) is 0 Å². The lowest BCUT2D eigenvalue weighted by atomic mass is 9.90. The second kappa shape index (κ2) is 9.06. The highest BCUT2D eigenvalue weighted by atomic mass is 35.5. The lowest BCUT2D eigenvalue weighted by Crippen LogP contribution is -2.42. The standard InChI is InChI=1S/C20H25N3O3.ClH/c1-13-5-6-16(12-17(13)22-19(24)18-4-3-11-26-18)20(25)23-9-7-15(8-10-23)14(2)21;/h3-6,11-12,14-15H,7-10,21H2,1-2H3,(H,22,24);1H. The van der Waals surface area contributed by atoms with Crippen molar-refractivity contribution < 1.29 is 14.0 Å². The molecule has 0 spiro atoms. The number of carbonyl (C=O) groups excluding carboxylic acids is 2. The summed E-state index contributed by atoms with van der Waals surface area (Å²) >= 11 is 0. The van der Waals surface area contributed by atoms with E-state index < -0.39 is 0 Å². The molecule has 1 atom stereocenters. The van der Waals surface area contributed by atoms with Gasteiger partial charge in [0.15, 0.2) is 5.76 Å². The number of benzene rings is 1. The number of hydrogen-bond acceptors (Lipinski definition) is 4. The van der Waals surface area contributed by atoms with E-state index in [-0.39, 0.29) is 36.0 Å². The number of furan rings is 1. The molecule has 0 saturated carbocycles. The summed E-state index contributed by atoms with van der Waals surface area (Å²) in [7, 11) is 0. The van der Waals surface area contributed by atoms with Gasteiger partial charge in [0.1, 0.15) is 0 Å². The average molecular weight is 392 g/mol. The van der Waals surface area contributed by atoms with Gasteiger partial charge in [-0.2, -0.15) is 0 Å². The van der Waals surface area contributed by atoms with Gasteiger partial charge in [-0.1, -0.05) is 6.07 Å². The summed E-state index contributed by atoms with van der Waals surface area (Å²) in [5, 5.41) is 2.81. The van der Waals surface area contributed by atoms with E-state index in [1.807, 2.05) is 24.8 Å². The summed E-state index contributed by atoms with van der Waals surface area (Å²) in [5.74, 6) is 0.362. The van der Waals surface area contributed by atoms with Crippen molar-refractivity contribution in [1.82, 2.24) is 4.90 Å². The maximum Gasteiger partial charge on any atom is 0.291 e. The van der Waals surface area contributed by atoms with E-state index >= 15 is 0 Å². The molecule has 3 rings (SSSR count). The van der Waals surface area contributed by atoms with Crippen molar-refractivity contribution in [1.29, 1.82) is 0 Å². The summed E-state index contributed by atoms with van der Waals surface area (Å²) in [5.41, 5.74) is 8.05. The van der Waals surface area contributed by atoms with Crippen molar-refractivity contribution in [2.24, 2.45) is 11.7 Å². The van der Waals surface area contributed by atoms with Gasteiger partial charge < -0.3 is 20.4 Å². The maximum atomic E-state index is 12.8. The van der Waals surface area contributed by atoms with Crippen LogP contribution in [0.25, 0.3) is 0 Å². The Balaban J connectivity index is 0.00000261. The number of amides is 2. The van der Waals surface area contributed by atoms with Crippen LogP contribution in [-0.4, -0.2) is 35.8 Å². The molecule has 146 valence electrons. The van der Waals surface area contributed by atoms with Crippen LogP contribution in [0.1, 0.15) is 46.2 Å². The molecular weight excluding hydrogens is 366 g/mol. The van der Waals surface area contributed by atoms with Gasteiger partial charge in [-0.25, -0.2) is 0 Å². The van der Waals surface area contributed by atoms with E-state index in [4.69, 9.17) is 10.2 Å². The molecule has 1 saturated heterocycles. The Kier molecular flexibility index (Phi) is 7.05. The van der Waals surface area contributed by atoms with E-state index in [1.165, 1.54) is 6.26 Å². The molecule has 0 aliphatic carbocycles. The number of anilines is 1. The Morgan fingerprint density at radius 1 is 1.26 bits per heavy atom. The number of nitrogens with zero attached hydrogens (tertiary/aromatic N) is 1. The quantitative estimate of drug-likeness (QED) is 0.835. The molecule has 6 nitrogen and oxygen atoms in total. The Labute approximate surface area is 165 Å². The minimum Gasteiger partial charge on any atom is -0.459 e. The van der Waals surface area contributed by atoms with Gasteiger partial charge in [-0.3, -0.25) is 9.59 Å². The fourth-order valence-electron chi connectivity index (χ4n) is 3.29. The first-order valence-corrected chi connectivity index (χ1v) is 8.96. The number of piperidine rings is 1. The van der Waals surface area contributed by atoms with E-state index in [2.05, 4.69) is 5.32 Å². The third-order valence-corrected chi connectivity index (χ3v) is 5.05. The first-order chi connectivity index (χ1) is 12.5. The van der Waals surface area contributed by atoms with E-state index in [9.17, 15) is 9.59 Å². The average Bonchev–Trinajstić information content (AvgIpc) is 3.18. The van der Waals surface area contributed by atoms with Crippen LogP contribution < -0.4 is 11.1 Å². The first-order valence-electron chi connectivity index (χ1n) is 8.96. The van der Waals surface area contributed by atoms with Gasteiger partial charge in [0.2, 0.25) is 0 Å². The van der Waals surface area contributed by atoms with E-state index in [0.29, 0.717) is 30.3 Å². The fraction of sp³-hybridized carbons (Fsp3) is 0.400. The summed E-state index contributed by atoms with van der Waals surface area (Å²) < 4.78 is 5.11. The van der Waals surface area contributed by atoms with Crippen LogP contribution >= 0.6 is 12.4 Å². The second-order valence-electron chi connectivity index (χ2n) is 6.95. The van der Waals surface area contributed by atoms with Crippen LogP contribution in [-0.2, 0) is 0 Å². The number of nitrogens with one attached hydrogen (secondary N) is 1. The summed E-state index contributed by atoms with van der Waals surface area (Å²) in [6.45, 7) is 5.34. The number of halogens is 1. The Morgan fingerprint density at radius 2 is 1.96 bits per heavy atom. The van der Waals surface area contributed by atoms with E-state index in [0.717, 1.165) is 18.4 Å². The smallest absolute Gasteiger partial charge is 0.291 e. The normalized spacial score (nSPS) is 15.7. The molecule has 1 aliphatic heterocycles. The molecule has 1 aromatic heterocycles. The zero-order valence-electron chi connectivity index (χ0n) is 15.6. The SMILES string of the molecule is Cc1ccc(C(=O)N2CCC(C(C)N)CC2)cc1NC(=O)c1ccco1.Cl. The van der Waals surface area contributed by atoms with Crippen LogP contribution in [0.4, 0.5) is 5.69 Å². The van der Waals surface area contributed by atoms with Crippen molar-refractivity contribution >= 4 is 29.9 Å². The predicted octanol–water partition coefficient (Wildman–Crippen LogP) is 3.46. The summed E-state index contributed by atoms with van der Waals surface area (Å²) in [4.78, 5) is 26.9. The third-order valence-electron chi connectivity index (χ3n) is 5.05. The zero-order valence-corrected chi connectivity index (χ0v) is 16.4. The van der Waals surface area contributed by atoms with Gasteiger partial charge in [0.05, 0.1) is 6.26 Å². The highest BCUT2D eigenvalue weighted by Gasteiger charge is 2.25. The number of aryl methyl sites for hydroxylation is 1. The predicted molar refractivity (Wildman–Crippen MR) is 107 cm³/mol. The molecule has 1 aromatic carbocycles. The number of carbonyl (C=O) groups is 2. The third kappa shape index (κ3) is 4.90. The van der Waals surface area contributed by atoms with Crippen LogP contribution in [0.15, 0.2) is 41.0 Å². The molecule has 0 radical (unpaired) electrons. The highest BCUT2D eigenvalue weighted by Crippen LogP contribution is 2.23. The molecule has 0 bridgehead atoms. The molecular formula is C20H26ClN3O3. The van der Waals surface area contributed by atoms with Crippen molar-refractivity contribution in [2.45, 2.75) is 32.7 Å². The lowest BCUT2D eigenvalue weighted by molar-refractivity contribution is 0.0681. The van der Waals surface area contributed by atoms with Gasteiger partial charge in [-0.05, 0) is 62.4 Å². The van der Waals surface area contributed by atoms with Crippen molar-refractivity contribution in [2.75, 3.05) is 18.4 Å². The molecule has 27 heavy (non-hydrogen) atoms. The van der Waals surface area contributed by atoms with Crippen LogP contribution in [0, 0.1) is 12.8 Å². The van der Waals surface area contributed by atoms with Crippen LogP contribution in [0.5, 0.6) is 0 Å². The Hall–Kier alpha value is -2.31. The number of likely N-dealkylation sites (tertiary alicyclic amines) is 1. The minimum absolute atomic E-state index is 0. The summed E-state index contributed by atoms with van der Waals surface area (Å²) in [6.07, 6.45) is 3.31. The van der Waals surface area contributed by atoms with Gasteiger partial charge >= 0.3 is 0 Å². The number of hydrogen-bond donors (Lipinski definition) is 2. The largest absolute Gasteiger partial charge is 0.459 e. The maximum absolute atomic E-state index is 12.8. The van der Waals surface area contributed by atoms with Gasteiger partial charge in [0, 0.05) is 30.4 Å².